The first kappa shape index (κ1) is 13.6. The van der Waals surface area contributed by atoms with Crippen LogP contribution in [0.2, 0.25) is 0 Å². The van der Waals surface area contributed by atoms with Crippen molar-refractivity contribution in [3.05, 3.63) is 0 Å². The van der Waals surface area contributed by atoms with Crippen molar-refractivity contribution in [1.82, 2.24) is 10.2 Å². The van der Waals surface area contributed by atoms with Crippen LogP contribution in [-0.2, 0) is 0 Å². The number of nitrogens with zero attached hydrogens (tertiary/aromatic N) is 1. The lowest BCUT2D eigenvalue weighted by molar-refractivity contribution is 0.198. The van der Waals surface area contributed by atoms with Crippen molar-refractivity contribution in [1.29, 1.82) is 0 Å². The normalized spacial score (nSPS) is 28.0. The van der Waals surface area contributed by atoms with E-state index in [0.717, 1.165) is 12.0 Å². The molecule has 90 valence electrons. The van der Waals surface area contributed by atoms with E-state index in [0.29, 0.717) is 0 Å². The average molecular weight is 251 g/mol. The van der Waals surface area contributed by atoms with Crippen LogP contribution in [-0.4, -0.2) is 49.1 Å². The molecule has 2 saturated heterocycles. The van der Waals surface area contributed by atoms with Crippen LogP contribution in [0.1, 0.15) is 19.3 Å². The first-order valence-corrected chi connectivity index (χ1v) is 7.00. The van der Waals surface area contributed by atoms with Gasteiger partial charge in [-0.2, -0.15) is 11.8 Å². The molecular formula is C11H23ClN2S. The Morgan fingerprint density at radius 2 is 2.00 bits per heavy atom. The second-order valence-electron chi connectivity index (χ2n) is 4.65. The summed E-state index contributed by atoms with van der Waals surface area (Å²) in [5, 5.41) is 3.43. The van der Waals surface area contributed by atoms with Gasteiger partial charge in [-0.3, -0.25) is 0 Å². The van der Waals surface area contributed by atoms with Crippen molar-refractivity contribution >= 4 is 24.2 Å². The fourth-order valence-electron chi connectivity index (χ4n) is 2.49. The van der Waals surface area contributed by atoms with Crippen LogP contribution in [0.15, 0.2) is 0 Å². The number of hydrogen-bond donors (Lipinski definition) is 1. The molecule has 0 radical (unpaired) electrons. The molecule has 15 heavy (non-hydrogen) atoms. The number of piperidine rings is 1. The summed E-state index contributed by atoms with van der Waals surface area (Å²) in [6.07, 6.45) is 4.17. The highest BCUT2D eigenvalue weighted by Gasteiger charge is 2.23. The standard InChI is InChI=1S/C11H22N2S.ClH/c1-13(11-4-7-14-9-11)8-10-2-5-12-6-3-10;/h10-12H,2-9H2,1H3;1H. The molecule has 2 aliphatic rings. The van der Waals surface area contributed by atoms with E-state index < -0.39 is 0 Å². The van der Waals surface area contributed by atoms with E-state index in [2.05, 4.69) is 29.0 Å². The van der Waals surface area contributed by atoms with Gasteiger partial charge in [0.05, 0.1) is 0 Å². The van der Waals surface area contributed by atoms with E-state index in [1.54, 1.807) is 0 Å². The van der Waals surface area contributed by atoms with Crippen molar-refractivity contribution in [3.63, 3.8) is 0 Å². The van der Waals surface area contributed by atoms with Crippen LogP contribution in [0.4, 0.5) is 0 Å². The molecule has 0 spiro atoms. The van der Waals surface area contributed by atoms with Gasteiger partial charge in [0.25, 0.3) is 0 Å². The van der Waals surface area contributed by atoms with Crippen LogP contribution >= 0.6 is 24.2 Å². The summed E-state index contributed by atoms with van der Waals surface area (Å²) in [5.74, 6) is 3.69. The van der Waals surface area contributed by atoms with Crippen LogP contribution in [0.25, 0.3) is 0 Å². The zero-order chi connectivity index (χ0) is 9.80. The highest BCUT2D eigenvalue weighted by Crippen LogP contribution is 2.23. The molecule has 2 aliphatic heterocycles. The molecule has 1 N–H and O–H groups in total. The highest BCUT2D eigenvalue weighted by molar-refractivity contribution is 7.99. The van der Waals surface area contributed by atoms with Gasteiger partial charge in [-0.05, 0) is 51.1 Å². The summed E-state index contributed by atoms with van der Waals surface area (Å²) in [5.41, 5.74) is 0. The Morgan fingerprint density at radius 1 is 1.27 bits per heavy atom. The van der Waals surface area contributed by atoms with Crippen LogP contribution < -0.4 is 5.32 Å². The molecular weight excluding hydrogens is 228 g/mol. The predicted molar refractivity (Wildman–Crippen MR) is 71.2 cm³/mol. The monoisotopic (exact) mass is 250 g/mol. The Labute approximate surface area is 104 Å². The first-order valence-electron chi connectivity index (χ1n) is 5.85. The number of nitrogens with one attached hydrogen (secondary N) is 1. The summed E-state index contributed by atoms with van der Waals surface area (Å²) >= 11 is 2.12. The first-order chi connectivity index (χ1) is 6.86. The Morgan fingerprint density at radius 3 is 2.60 bits per heavy atom. The molecule has 2 heterocycles. The van der Waals surface area contributed by atoms with Gasteiger partial charge < -0.3 is 10.2 Å². The van der Waals surface area contributed by atoms with Crippen molar-refractivity contribution in [2.24, 2.45) is 5.92 Å². The molecule has 0 aromatic carbocycles. The van der Waals surface area contributed by atoms with Crippen molar-refractivity contribution in [2.75, 3.05) is 38.2 Å². The fraction of sp³-hybridized carbons (Fsp3) is 1.00. The third-order valence-corrected chi connectivity index (χ3v) is 4.68. The minimum Gasteiger partial charge on any atom is -0.317 e. The molecule has 0 saturated carbocycles. The minimum absolute atomic E-state index is 0. The second kappa shape index (κ2) is 7.00. The number of thioether (sulfide) groups is 1. The maximum Gasteiger partial charge on any atom is 0.0191 e. The van der Waals surface area contributed by atoms with E-state index in [9.17, 15) is 0 Å². The smallest absolute Gasteiger partial charge is 0.0191 e. The Kier molecular flexibility index (Phi) is 6.36. The Hall–Kier alpha value is 0.560. The van der Waals surface area contributed by atoms with E-state index in [1.807, 2.05) is 0 Å². The van der Waals surface area contributed by atoms with Crippen LogP contribution in [0, 0.1) is 5.92 Å². The molecule has 4 heteroatoms. The SMILES string of the molecule is CN(CC1CCNCC1)C1CCSC1.Cl. The fourth-order valence-corrected chi connectivity index (χ4v) is 3.79. The highest BCUT2D eigenvalue weighted by atomic mass is 35.5. The quantitative estimate of drug-likeness (QED) is 0.823. The molecule has 1 atom stereocenters. The van der Waals surface area contributed by atoms with E-state index in [1.165, 1.54) is 50.4 Å². The molecule has 0 aromatic rings. The number of hydrogen-bond acceptors (Lipinski definition) is 3. The maximum absolute atomic E-state index is 3.43. The van der Waals surface area contributed by atoms with Gasteiger partial charge in [0, 0.05) is 18.3 Å². The molecule has 2 nitrogen and oxygen atoms in total. The number of halogens is 1. The summed E-state index contributed by atoms with van der Waals surface area (Å²) in [4.78, 5) is 2.61. The zero-order valence-corrected chi connectivity index (χ0v) is 11.2. The lowest BCUT2D eigenvalue weighted by Gasteiger charge is -2.30. The van der Waals surface area contributed by atoms with Gasteiger partial charge in [0.2, 0.25) is 0 Å². The van der Waals surface area contributed by atoms with Crippen molar-refractivity contribution in [2.45, 2.75) is 25.3 Å². The van der Waals surface area contributed by atoms with Gasteiger partial charge in [-0.1, -0.05) is 0 Å². The Bertz CT molecular complexity index is 168. The maximum atomic E-state index is 3.43. The summed E-state index contributed by atoms with van der Waals surface area (Å²) in [6, 6.07) is 0.870. The molecule has 0 aliphatic carbocycles. The van der Waals surface area contributed by atoms with Gasteiger partial charge in [0.15, 0.2) is 0 Å². The third-order valence-electron chi connectivity index (χ3n) is 3.53. The van der Waals surface area contributed by atoms with Gasteiger partial charge in [0.1, 0.15) is 0 Å². The number of rotatable bonds is 3. The average Bonchev–Trinajstić information content (AvgIpc) is 2.72. The lowest BCUT2D eigenvalue weighted by atomic mass is 9.97. The second-order valence-corrected chi connectivity index (χ2v) is 5.80. The summed E-state index contributed by atoms with van der Waals surface area (Å²) < 4.78 is 0. The van der Waals surface area contributed by atoms with Gasteiger partial charge in [-0.25, -0.2) is 0 Å². The van der Waals surface area contributed by atoms with Crippen LogP contribution in [0.3, 0.4) is 0 Å². The molecule has 2 rings (SSSR count). The molecule has 0 bridgehead atoms. The minimum atomic E-state index is 0. The summed E-state index contributed by atoms with van der Waals surface area (Å²) in [6.45, 7) is 3.79. The molecule has 0 aromatic heterocycles. The predicted octanol–water partition coefficient (Wildman–Crippen LogP) is 1.85. The van der Waals surface area contributed by atoms with Crippen molar-refractivity contribution in [3.8, 4) is 0 Å². The van der Waals surface area contributed by atoms with Gasteiger partial charge in [-0.15, -0.1) is 12.4 Å². The molecule has 1 unspecified atom stereocenters. The van der Waals surface area contributed by atoms with Gasteiger partial charge >= 0.3 is 0 Å². The van der Waals surface area contributed by atoms with Crippen LogP contribution in [0.5, 0.6) is 0 Å². The largest absolute Gasteiger partial charge is 0.317 e. The van der Waals surface area contributed by atoms with Crippen molar-refractivity contribution < 1.29 is 0 Å². The zero-order valence-electron chi connectivity index (χ0n) is 9.58. The van der Waals surface area contributed by atoms with E-state index in [-0.39, 0.29) is 12.4 Å². The third kappa shape index (κ3) is 4.14. The Balaban J connectivity index is 0.00000112. The van der Waals surface area contributed by atoms with E-state index in [4.69, 9.17) is 0 Å². The lowest BCUT2D eigenvalue weighted by Crippen LogP contribution is -2.39. The topological polar surface area (TPSA) is 15.3 Å². The molecule has 2 fully saturated rings. The summed E-state index contributed by atoms with van der Waals surface area (Å²) in [7, 11) is 2.32. The molecule has 0 amide bonds. The van der Waals surface area contributed by atoms with E-state index >= 15 is 0 Å².